The SMILES string of the molecule is c1ccc(-c2ccc(N(c3ccc(-c4ccc5ccccc5c4)cc3)c3cccc4ccc5c6ccccc6n(-c6ccccc6)c5c34)cc2)cc1.c1ccc(-c2ccc(N(c3ccc(-c4ccccc4)cc3)c3ccc4c5ccc6ccccc6c5n(-c5ccccc5)c4c3)cc2)cc1.c1ccc(-c2ccc(N(c3ccc(-c4ccccc4)cc3)c3cccc4c5ccc6ccccc6c5n(-c5ccccc5)c34)cc2)cc1. The van der Waals surface area contributed by atoms with Crippen LogP contribution in [0.15, 0.2) is 595 Å². The third-order valence-corrected chi connectivity index (χ3v) is 29.1. The van der Waals surface area contributed by atoms with Crippen LogP contribution in [-0.4, -0.2) is 13.7 Å². The lowest BCUT2D eigenvalue weighted by molar-refractivity contribution is 1.17. The van der Waals surface area contributed by atoms with E-state index in [9.17, 15) is 0 Å². The fraction of sp³-hybridized carbons (Fsp3) is 0. The van der Waals surface area contributed by atoms with Crippen molar-refractivity contribution < 1.29 is 0 Å². The molecule has 0 saturated heterocycles. The van der Waals surface area contributed by atoms with E-state index in [2.05, 4.69) is 623 Å². The van der Waals surface area contributed by atoms with Gasteiger partial charge in [-0.15, -0.1) is 0 Å². The maximum atomic E-state index is 2.46. The summed E-state index contributed by atoms with van der Waals surface area (Å²) in [6.07, 6.45) is 0. The molecule has 0 aliphatic carbocycles. The minimum atomic E-state index is 1.10. The number of fused-ring (bicyclic) bond motifs is 16. The average Bonchev–Trinajstić information content (AvgIpc) is 1.58. The summed E-state index contributed by atoms with van der Waals surface area (Å²) in [5, 5.41) is 17.3. The van der Waals surface area contributed by atoms with Crippen molar-refractivity contribution in [2.75, 3.05) is 14.7 Å². The summed E-state index contributed by atoms with van der Waals surface area (Å²) < 4.78 is 7.34. The van der Waals surface area contributed by atoms with Gasteiger partial charge in [0.1, 0.15) is 0 Å². The van der Waals surface area contributed by atoms with Crippen LogP contribution >= 0.6 is 0 Å². The average molecular weight is 1890 g/mol. The van der Waals surface area contributed by atoms with Crippen molar-refractivity contribution >= 4 is 160 Å². The van der Waals surface area contributed by atoms with Gasteiger partial charge in [0.2, 0.25) is 0 Å². The van der Waals surface area contributed by atoms with Crippen molar-refractivity contribution in [3.8, 4) is 83.8 Å². The number of nitrogens with zero attached hydrogens (tertiary/aromatic N) is 6. The fourth-order valence-corrected chi connectivity index (χ4v) is 22.1. The molecule has 6 nitrogen and oxygen atoms in total. The number of hydrogen-bond acceptors (Lipinski definition) is 3. The molecule has 3 aromatic heterocycles. The Hall–Kier alpha value is -19.7. The minimum Gasteiger partial charge on any atom is -0.310 e. The fourth-order valence-electron chi connectivity index (χ4n) is 22.1. The summed E-state index contributed by atoms with van der Waals surface area (Å²) in [7, 11) is 0. The summed E-state index contributed by atoms with van der Waals surface area (Å²) in [5.74, 6) is 0. The van der Waals surface area contributed by atoms with Crippen LogP contribution in [0.5, 0.6) is 0 Å². The first-order valence-corrected chi connectivity index (χ1v) is 50.7. The molecule has 6 heteroatoms. The van der Waals surface area contributed by atoms with Crippen LogP contribution in [-0.2, 0) is 0 Å². The molecule has 0 aliphatic rings. The Morgan fingerprint density at radius 3 is 0.831 bits per heavy atom. The molecule has 0 radical (unpaired) electrons. The van der Waals surface area contributed by atoms with Gasteiger partial charge in [0.15, 0.2) is 0 Å². The maximum absolute atomic E-state index is 2.46. The predicted octanol–water partition coefficient (Wildman–Crippen LogP) is 39.4. The number of benzene rings is 25. The molecule has 696 valence electrons. The predicted molar refractivity (Wildman–Crippen MR) is 629 cm³/mol. The summed E-state index contributed by atoms with van der Waals surface area (Å²) >= 11 is 0. The summed E-state index contributed by atoms with van der Waals surface area (Å²) in [6, 6.07) is 214. The largest absolute Gasteiger partial charge is 0.310 e. The molecule has 0 N–H and O–H groups in total. The molecule has 28 rings (SSSR count). The molecule has 0 amide bonds. The van der Waals surface area contributed by atoms with E-state index in [0.717, 1.165) is 68.2 Å². The molecule has 25 aromatic carbocycles. The van der Waals surface area contributed by atoms with Gasteiger partial charge in [-0.25, -0.2) is 0 Å². The Kier molecular flexibility index (Phi) is 23.3. The first-order valence-electron chi connectivity index (χ1n) is 50.7. The van der Waals surface area contributed by atoms with Crippen LogP contribution in [0.2, 0.25) is 0 Å². The van der Waals surface area contributed by atoms with E-state index in [1.165, 1.54) is 175 Å². The first-order chi connectivity index (χ1) is 73.4. The highest BCUT2D eigenvalue weighted by molar-refractivity contribution is 6.25. The third kappa shape index (κ3) is 16.6. The second-order valence-electron chi connectivity index (χ2n) is 37.8. The number of aromatic nitrogens is 3. The summed E-state index contributed by atoms with van der Waals surface area (Å²) in [5.41, 5.74) is 35.1. The molecular weight excluding hydrogens is 1790 g/mol. The quantitative estimate of drug-likeness (QED) is 0.0856. The lowest BCUT2D eigenvalue weighted by atomic mass is 9.99. The number of hydrogen-bond donors (Lipinski definition) is 0. The Labute approximate surface area is 860 Å². The second kappa shape index (κ2) is 39.0. The normalized spacial score (nSPS) is 11.4. The van der Waals surface area contributed by atoms with E-state index in [-0.39, 0.29) is 0 Å². The standard InChI is InChI=1S/C50H34N2.2C46H32N2/c1-3-12-35(13-4-1)37-24-29-43(30-25-37)51(44-31-26-38(27-32-44)41-23-22-36-14-7-8-15-40(36)34-41)48-21-11-16-39-28-33-46-45-19-9-10-20-47(45)52(50(46)49(39)48)42-17-5-2-6-18-42;1-4-13-33(14-5-1)35-23-28-39(29-24-35)47(40-30-25-36(26-31-40)34-15-6-2-7-16-34)44-22-12-21-42-43-32-27-37-17-10-11-20-41(37)45(43)48(46(42)44)38-18-8-3-9-19-38;1-4-12-33(13-5-1)35-20-25-39(26-21-35)47(40-27-22-36(23-28-40)34-14-6-2-7-15-34)41-29-31-43-44-30-24-37-16-10-11-19-42(37)46(44)48(45(43)32-41)38-17-8-3-9-18-38/h1-34H;2*1-32H. The van der Waals surface area contributed by atoms with Crippen molar-refractivity contribution in [3.63, 3.8) is 0 Å². The first kappa shape index (κ1) is 88.5. The highest BCUT2D eigenvalue weighted by Crippen LogP contribution is 2.51. The van der Waals surface area contributed by atoms with Crippen molar-refractivity contribution in [2.24, 2.45) is 0 Å². The van der Waals surface area contributed by atoms with Crippen molar-refractivity contribution in [3.05, 3.63) is 595 Å². The molecule has 0 spiro atoms. The van der Waals surface area contributed by atoms with Gasteiger partial charge in [-0.1, -0.05) is 449 Å². The zero-order valence-corrected chi connectivity index (χ0v) is 81.3. The van der Waals surface area contributed by atoms with Crippen molar-refractivity contribution in [1.82, 2.24) is 13.7 Å². The molecule has 3 heterocycles. The Bertz CT molecular complexity index is 9520. The van der Waals surface area contributed by atoms with E-state index in [1.807, 2.05) is 0 Å². The number of para-hydroxylation sites is 5. The molecule has 0 saturated carbocycles. The zero-order valence-electron chi connectivity index (χ0n) is 81.3. The second-order valence-corrected chi connectivity index (χ2v) is 37.8. The lowest BCUT2D eigenvalue weighted by Gasteiger charge is -2.28. The highest BCUT2D eigenvalue weighted by atomic mass is 15.2. The van der Waals surface area contributed by atoms with Crippen LogP contribution in [0.25, 0.3) is 192 Å². The van der Waals surface area contributed by atoms with E-state index < -0.39 is 0 Å². The summed E-state index contributed by atoms with van der Waals surface area (Å²) in [6.45, 7) is 0. The Morgan fingerprint density at radius 1 is 0.122 bits per heavy atom. The molecule has 148 heavy (non-hydrogen) atoms. The lowest BCUT2D eigenvalue weighted by Crippen LogP contribution is -2.11. The topological polar surface area (TPSA) is 24.5 Å². The van der Waals surface area contributed by atoms with Crippen LogP contribution in [0.3, 0.4) is 0 Å². The summed E-state index contributed by atoms with van der Waals surface area (Å²) in [4.78, 5) is 7.20. The van der Waals surface area contributed by atoms with Crippen LogP contribution in [0.1, 0.15) is 0 Å². The third-order valence-electron chi connectivity index (χ3n) is 29.1. The van der Waals surface area contributed by atoms with E-state index in [4.69, 9.17) is 0 Å². The zero-order chi connectivity index (χ0) is 98.2. The number of anilines is 9. The van der Waals surface area contributed by atoms with Gasteiger partial charge in [-0.2, -0.15) is 0 Å². The van der Waals surface area contributed by atoms with Gasteiger partial charge in [-0.3, -0.25) is 0 Å². The smallest absolute Gasteiger partial charge is 0.0782 e. The molecular formula is C142H98N6. The van der Waals surface area contributed by atoms with Gasteiger partial charge in [0.25, 0.3) is 0 Å². The Balaban J connectivity index is 0.000000112. The van der Waals surface area contributed by atoms with Crippen LogP contribution in [0.4, 0.5) is 51.2 Å². The minimum absolute atomic E-state index is 1.10. The van der Waals surface area contributed by atoms with Crippen LogP contribution < -0.4 is 14.7 Å². The molecule has 0 atom stereocenters. The van der Waals surface area contributed by atoms with Crippen molar-refractivity contribution in [1.29, 1.82) is 0 Å². The molecule has 0 fully saturated rings. The molecule has 0 unspecified atom stereocenters. The monoisotopic (exact) mass is 1890 g/mol. The highest BCUT2D eigenvalue weighted by Gasteiger charge is 2.28. The molecule has 28 aromatic rings. The van der Waals surface area contributed by atoms with Gasteiger partial charge in [-0.05, 0) is 239 Å². The van der Waals surface area contributed by atoms with Gasteiger partial charge in [0, 0.05) is 105 Å². The van der Waals surface area contributed by atoms with Gasteiger partial charge < -0.3 is 28.4 Å². The van der Waals surface area contributed by atoms with Crippen molar-refractivity contribution in [2.45, 2.75) is 0 Å². The molecule has 0 aliphatic heterocycles. The van der Waals surface area contributed by atoms with E-state index >= 15 is 0 Å². The Morgan fingerprint density at radius 2 is 0.385 bits per heavy atom. The van der Waals surface area contributed by atoms with Gasteiger partial charge in [0.05, 0.1) is 44.5 Å². The van der Waals surface area contributed by atoms with Gasteiger partial charge >= 0.3 is 0 Å². The van der Waals surface area contributed by atoms with Crippen LogP contribution in [0, 0.1) is 0 Å². The van der Waals surface area contributed by atoms with E-state index in [1.54, 1.807) is 0 Å². The number of rotatable bonds is 18. The van der Waals surface area contributed by atoms with E-state index in [0.29, 0.717) is 0 Å². The maximum Gasteiger partial charge on any atom is 0.0782 e. The molecule has 0 bridgehead atoms.